The normalized spacial score (nSPS) is 10.9. The largest absolute Gasteiger partial charge is 0.334 e. The summed E-state index contributed by atoms with van der Waals surface area (Å²) in [6, 6.07) is 9.93. The van der Waals surface area contributed by atoms with E-state index in [0.717, 1.165) is 28.4 Å². The maximum atomic E-state index is 5.20. The lowest BCUT2D eigenvalue weighted by Crippen LogP contribution is -1.88. The van der Waals surface area contributed by atoms with Crippen LogP contribution in [0.5, 0.6) is 0 Å². The molecule has 5 heteroatoms. The number of fused-ring (bicyclic) bond motifs is 1. The number of aromatic nitrogens is 4. The Labute approximate surface area is 103 Å². The zero-order valence-corrected chi connectivity index (χ0v) is 10.0. The third-order valence-electron chi connectivity index (χ3n) is 2.53. The molecule has 0 saturated carbocycles. The van der Waals surface area contributed by atoms with E-state index in [9.17, 15) is 0 Å². The number of H-pyrrole nitrogens is 2. The van der Waals surface area contributed by atoms with Crippen molar-refractivity contribution in [2.75, 3.05) is 0 Å². The van der Waals surface area contributed by atoms with Crippen molar-refractivity contribution < 1.29 is 0 Å². The van der Waals surface area contributed by atoms with Gasteiger partial charge in [-0.25, -0.2) is 9.97 Å². The Kier molecular flexibility index (Phi) is 2.26. The SMILES string of the molecule is Cc1nc(=S)c2[nH]c(-c3ccccc3)nc2[nH]1. The first-order chi connectivity index (χ1) is 8.24. The molecule has 0 unspecified atom stereocenters. The highest BCUT2D eigenvalue weighted by Crippen LogP contribution is 2.19. The molecule has 0 aliphatic rings. The van der Waals surface area contributed by atoms with E-state index in [2.05, 4.69) is 19.9 Å². The Balaban J connectivity index is 2.28. The number of aromatic amines is 2. The van der Waals surface area contributed by atoms with E-state index in [0.29, 0.717) is 4.64 Å². The van der Waals surface area contributed by atoms with E-state index in [4.69, 9.17) is 12.2 Å². The summed E-state index contributed by atoms with van der Waals surface area (Å²) in [7, 11) is 0. The van der Waals surface area contributed by atoms with Crippen molar-refractivity contribution in [2.45, 2.75) is 6.92 Å². The molecule has 17 heavy (non-hydrogen) atoms. The van der Waals surface area contributed by atoms with Crippen molar-refractivity contribution in [3.05, 3.63) is 40.8 Å². The zero-order chi connectivity index (χ0) is 11.8. The van der Waals surface area contributed by atoms with Crippen molar-refractivity contribution in [2.24, 2.45) is 0 Å². The second-order valence-corrected chi connectivity index (χ2v) is 4.19. The van der Waals surface area contributed by atoms with Crippen molar-refractivity contribution in [1.82, 2.24) is 19.9 Å². The molecule has 0 radical (unpaired) electrons. The van der Waals surface area contributed by atoms with E-state index in [1.165, 1.54) is 0 Å². The van der Waals surface area contributed by atoms with E-state index < -0.39 is 0 Å². The number of aryl methyl sites for hydroxylation is 1. The Morgan fingerprint density at radius 1 is 1.06 bits per heavy atom. The molecule has 0 fully saturated rings. The number of benzene rings is 1. The molecule has 2 heterocycles. The van der Waals surface area contributed by atoms with Crippen molar-refractivity contribution >= 4 is 23.4 Å². The summed E-state index contributed by atoms with van der Waals surface area (Å²) in [5, 5.41) is 0. The summed E-state index contributed by atoms with van der Waals surface area (Å²) >= 11 is 5.20. The topological polar surface area (TPSA) is 57.4 Å². The van der Waals surface area contributed by atoms with Crippen LogP contribution < -0.4 is 0 Å². The smallest absolute Gasteiger partial charge is 0.160 e. The molecular formula is C12H10N4S. The molecule has 0 spiro atoms. The standard InChI is InChI=1S/C12H10N4S/c1-7-13-11-9(12(17)14-7)15-10(16-11)8-5-3-2-4-6-8/h2-6H,1H3,(H2,13,14,15,16,17). The first-order valence-electron chi connectivity index (χ1n) is 5.26. The van der Waals surface area contributed by atoms with Gasteiger partial charge in [0.05, 0.1) is 0 Å². The average Bonchev–Trinajstić information content (AvgIpc) is 2.74. The second kappa shape index (κ2) is 3.78. The van der Waals surface area contributed by atoms with Crippen LogP contribution in [0.4, 0.5) is 0 Å². The highest BCUT2D eigenvalue weighted by molar-refractivity contribution is 7.71. The van der Waals surface area contributed by atoms with Gasteiger partial charge in [0, 0.05) is 5.56 Å². The Bertz CT molecular complexity index is 727. The molecule has 0 bridgehead atoms. The molecule has 1 aromatic carbocycles. The number of nitrogens with zero attached hydrogens (tertiary/aromatic N) is 2. The van der Waals surface area contributed by atoms with Crippen LogP contribution in [0.15, 0.2) is 30.3 Å². The maximum absolute atomic E-state index is 5.20. The van der Waals surface area contributed by atoms with Gasteiger partial charge in [-0.3, -0.25) is 0 Å². The average molecular weight is 242 g/mol. The van der Waals surface area contributed by atoms with Gasteiger partial charge in [-0.05, 0) is 6.92 Å². The van der Waals surface area contributed by atoms with Gasteiger partial charge in [0.25, 0.3) is 0 Å². The zero-order valence-electron chi connectivity index (χ0n) is 9.19. The number of imidazole rings is 1. The second-order valence-electron chi connectivity index (χ2n) is 3.80. The summed E-state index contributed by atoms with van der Waals surface area (Å²) < 4.78 is 0.547. The van der Waals surface area contributed by atoms with Crippen LogP contribution in [0.1, 0.15) is 5.82 Å². The fraction of sp³-hybridized carbons (Fsp3) is 0.0833. The molecule has 84 valence electrons. The fourth-order valence-electron chi connectivity index (χ4n) is 1.76. The van der Waals surface area contributed by atoms with Crippen LogP contribution in [0.2, 0.25) is 0 Å². The lowest BCUT2D eigenvalue weighted by molar-refractivity contribution is 1.07. The van der Waals surface area contributed by atoms with Crippen LogP contribution in [-0.4, -0.2) is 19.9 Å². The van der Waals surface area contributed by atoms with Gasteiger partial charge in [0.15, 0.2) is 10.3 Å². The summed E-state index contributed by atoms with van der Waals surface area (Å²) in [6.07, 6.45) is 0. The number of nitrogens with one attached hydrogen (secondary N) is 2. The lowest BCUT2D eigenvalue weighted by Gasteiger charge is -1.92. The molecule has 3 rings (SSSR count). The maximum Gasteiger partial charge on any atom is 0.160 e. The van der Waals surface area contributed by atoms with Crippen LogP contribution in [-0.2, 0) is 0 Å². The number of rotatable bonds is 1. The third-order valence-corrected chi connectivity index (χ3v) is 2.83. The minimum absolute atomic E-state index is 0.547. The molecular weight excluding hydrogens is 232 g/mol. The van der Waals surface area contributed by atoms with Gasteiger partial charge < -0.3 is 9.97 Å². The third kappa shape index (κ3) is 1.74. The highest BCUT2D eigenvalue weighted by Gasteiger charge is 2.07. The van der Waals surface area contributed by atoms with Crippen LogP contribution in [0, 0.1) is 11.6 Å². The van der Waals surface area contributed by atoms with E-state index in [1.807, 2.05) is 37.3 Å². The van der Waals surface area contributed by atoms with E-state index >= 15 is 0 Å². The van der Waals surface area contributed by atoms with Gasteiger partial charge >= 0.3 is 0 Å². The molecule has 2 N–H and O–H groups in total. The Morgan fingerprint density at radius 2 is 1.82 bits per heavy atom. The quantitative estimate of drug-likeness (QED) is 0.645. The van der Waals surface area contributed by atoms with Crippen LogP contribution in [0.25, 0.3) is 22.6 Å². The van der Waals surface area contributed by atoms with E-state index in [1.54, 1.807) is 0 Å². The first kappa shape index (κ1) is 10.2. The number of hydrogen-bond donors (Lipinski definition) is 2. The minimum atomic E-state index is 0.547. The molecule has 0 aliphatic carbocycles. The monoisotopic (exact) mass is 242 g/mol. The molecule has 0 amide bonds. The Morgan fingerprint density at radius 3 is 2.59 bits per heavy atom. The first-order valence-corrected chi connectivity index (χ1v) is 5.67. The molecule has 0 atom stereocenters. The lowest BCUT2D eigenvalue weighted by atomic mass is 10.2. The van der Waals surface area contributed by atoms with Gasteiger partial charge in [0.2, 0.25) is 0 Å². The van der Waals surface area contributed by atoms with Gasteiger partial charge in [-0.1, -0.05) is 42.5 Å². The van der Waals surface area contributed by atoms with Crippen molar-refractivity contribution in [1.29, 1.82) is 0 Å². The molecule has 2 aromatic heterocycles. The molecule has 0 saturated heterocycles. The summed E-state index contributed by atoms with van der Waals surface area (Å²) in [5.41, 5.74) is 2.56. The minimum Gasteiger partial charge on any atom is -0.334 e. The van der Waals surface area contributed by atoms with Crippen LogP contribution in [0.3, 0.4) is 0 Å². The fourth-order valence-corrected chi connectivity index (χ4v) is 2.04. The predicted molar refractivity (Wildman–Crippen MR) is 69.2 cm³/mol. The summed E-state index contributed by atoms with van der Waals surface area (Å²) in [4.78, 5) is 15.0. The van der Waals surface area contributed by atoms with E-state index in [-0.39, 0.29) is 0 Å². The molecule has 4 nitrogen and oxygen atoms in total. The number of hydrogen-bond acceptors (Lipinski definition) is 3. The Hall–Kier alpha value is -2.01. The van der Waals surface area contributed by atoms with Gasteiger partial charge in [-0.15, -0.1) is 0 Å². The van der Waals surface area contributed by atoms with Gasteiger partial charge in [0.1, 0.15) is 17.2 Å². The van der Waals surface area contributed by atoms with Crippen LogP contribution >= 0.6 is 12.2 Å². The summed E-state index contributed by atoms with van der Waals surface area (Å²) in [6.45, 7) is 1.87. The predicted octanol–water partition coefficient (Wildman–Crippen LogP) is 2.99. The van der Waals surface area contributed by atoms with Gasteiger partial charge in [-0.2, -0.15) is 0 Å². The molecule has 0 aliphatic heterocycles. The highest BCUT2D eigenvalue weighted by atomic mass is 32.1. The van der Waals surface area contributed by atoms with Crippen molar-refractivity contribution in [3.63, 3.8) is 0 Å². The summed E-state index contributed by atoms with van der Waals surface area (Å²) in [5.74, 6) is 1.57. The molecule has 3 aromatic rings. The van der Waals surface area contributed by atoms with Crippen molar-refractivity contribution in [3.8, 4) is 11.4 Å².